The van der Waals surface area contributed by atoms with Crippen molar-refractivity contribution in [3.8, 4) is 0 Å². The molecule has 1 aliphatic heterocycles. The fourth-order valence-electron chi connectivity index (χ4n) is 4.30. The van der Waals surface area contributed by atoms with Crippen LogP contribution in [0, 0.1) is 23.7 Å². The van der Waals surface area contributed by atoms with Gasteiger partial charge in [-0.1, -0.05) is 31.9 Å². The monoisotopic (exact) mass is 451 g/mol. The minimum Gasteiger partial charge on any atom is -0.481 e. The van der Waals surface area contributed by atoms with Gasteiger partial charge in [-0.15, -0.1) is 0 Å². The Bertz CT molecular complexity index is 564. The molecule has 23 heavy (non-hydrogen) atoms. The molecule has 126 valence electrons. The number of fused-ring (bicyclic) bond motifs is 5. The molecule has 0 radical (unpaired) electrons. The van der Waals surface area contributed by atoms with Gasteiger partial charge in [-0.25, -0.2) is 4.79 Å². The van der Waals surface area contributed by atoms with Crippen LogP contribution < -0.4 is 0 Å². The first-order valence-electron chi connectivity index (χ1n) is 7.35. The number of imide groups is 1. The summed E-state index contributed by atoms with van der Waals surface area (Å²) in [6.07, 6.45) is 0.0874. The van der Waals surface area contributed by atoms with Gasteiger partial charge in [0, 0.05) is 16.1 Å². The van der Waals surface area contributed by atoms with Crippen molar-refractivity contribution in [3.63, 3.8) is 0 Å². The van der Waals surface area contributed by atoms with Crippen molar-refractivity contribution in [2.75, 3.05) is 0 Å². The Kier molecular flexibility index (Phi) is 4.29. The lowest BCUT2D eigenvalue weighted by molar-refractivity contribution is -0.156. The van der Waals surface area contributed by atoms with Crippen LogP contribution in [0.2, 0.25) is 0 Å². The van der Waals surface area contributed by atoms with E-state index in [0.29, 0.717) is 0 Å². The van der Waals surface area contributed by atoms with Crippen molar-refractivity contribution in [3.05, 3.63) is 0 Å². The lowest BCUT2D eigenvalue weighted by Crippen LogP contribution is -2.46. The largest absolute Gasteiger partial charge is 0.481 e. The molecule has 2 N–H and O–H groups in total. The molecule has 3 aliphatic rings. The van der Waals surface area contributed by atoms with Crippen molar-refractivity contribution in [1.82, 2.24) is 4.90 Å². The van der Waals surface area contributed by atoms with Crippen molar-refractivity contribution in [2.24, 2.45) is 23.7 Å². The first kappa shape index (κ1) is 16.9. The van der Waals surface area contributed by atoms with Gasteiger partial charge in [0.1, 0.15) is 6.04 Å². The number of likely N-dealkylation sites (tertiary alicyclic amines) is 1. The van der Waals surface area contributed by atoms with Crippen LogP contribution in [0.3, 0.4) is 0 Å². The number of hydrogen-bond donors (Lipinski definition) is 2. The Labute approximate surface area is 148 Å². The zero-order valence-electron chi connectivity index (χ0n) is 11.9. The first-order valence-corrected chi connectivity index (χ1v) is 9.18. The second-order valence-corrected chi connectivity index (χ2v) is 8.45. The highest BCUT2D eigenvalue weighted by atomic mass is 79.9. The van der Waals surface area contributed by atoms with E-state index >= 15 is 0 Å². The summed E-state index contributed by atoms with van der Waals surface area (Å²) < 4.78 is 0. The summed E-state index contributed by atoms with van der Waals surface area (Å²) in [5.41, 5.74) is 0. The van der Waals surface area contributed by atoms with E-state index in [1.54, 1.807) is 0 Å². The normalized spacial score (nSPS) is 39.7. The minimum absolute atomic E-state index is 0.00439. The molecule has 1 heterocycles. The summed E-state index contributed by atoms with van der Waals surface area (Å²) in [5, 5.41) is 18.1. The molecule has 0 aromatic carbocycles. The summed E-state index contributed by atoms with van der Waals surface area (Å²) in [6.45, 7) is 0. The lowest BCUT2D eigenvalue weighted by Gasteiger charge is -2.28. The number of amides is 2. The van der Waals surface area contributed by atoms with Crippen molar-refractivity contribution in [1.29, 1.82) is 0 Å². The number of alkyl halides is 2. The molecule has 3 fully saturated rings. The van der Waals surface area contributed by atoms with Crippen LogP contribution in [0.15, 0.2) is 0 Å². The van der Waals surface area contributed by atoms with Crippen LogP contribution in [-0.4, -0.2) is 54.6 Å². The topological polar surface area (TPSA) is 112 Å². The number of halogens is 2. The van der Waals surface area contributed by atoms with Crippen LogP contribution in [0.25, 0.3) is 0 Å². The standard InChI is InChI=1S/C14H15Br2NO6/c15-10-4-3-5(11(10)16)9-8(4)12(20)17(13(9)21)6(14(22)23)1-2-7(18)19/h4-6,8-11H,1-3H2,(H,18,19)(H,22,23)/t4-,5+,6-,8+,9-,10-,11-/m0/s1. The van der Waals surface area contributed by atoms with Gasteiger partial charge >= 0.3 is 11.9 Å². The lowest BCUT2D eigenvalue weighted by atomic mass is 9.81. The summed E-state index contributed by atoms with van der Waals surface area (Å²) >= 11 is 7.11. The SMILES string of the molecule is O=C(O)CC[C@@H](C(=O)O)N1C(=O)[C@@H]2[C@@H]3C[C@@H]([C@H](Br)[C@H]3Br)[C@@H]2C1=O. The number of carboxylic acids is 2. The van der Waals surface area contributed by atoms with Crippen LogP contribution in [0.4, 0.5) is 0 Å². The Hall–Kier alpha value is -0.960. The van der Waals surface area contributed by atoms with Crippen LogP contribution in [0.5, 0.6) is 0 Å². The summed E-state index contributed by atoms with van der Waals surface area (Å²) in [5.74, 6) is -4.39. The van der Waals surface area contributed by atoms with Crippen LogP contribution in [-0.2, 0) is 19.2 Å². The number of carbonyl (C=O) groups is 4. The van der Waals surface area contributed by atoms with E-state index in [-0.39, 0.29) is 27.9 Å². The smallest absolute Gasteiger partial charge is 0.326 e. The molecule has 3 rings (SSSR count). The highest BCUT2D eigenvalue weighted by Crippen LogP contribution is 2.60. The fourth-order valence-corrected chi connectivity index (χ4v) is 6.18. The number of rotatable bonds is 5. The van der Waals surface area contributed by atoms with Crippen molar-refractivity contribution < 1.29 is 29.4 Å². The van der Waals surface area contributed by atoms with Gasteiger partial charge in [0.25, 0.3) is 0 Å². The molecule has 0 aromatic heterocycles. The third-order valence-electron chi connectivity index (χ3n) is 5.25. The van der Waals surface area contributed by atoms with Gasteiger partial charge < -0.3 is 10.2 Å². The predicted octanol–water partition coefficient (Wildman–Crippen LogP) is 1.08. The molecule has 2 bridgehead atoms. The van der Waals surface area contributed by atoms with E-state index in [1.165, 1.54) is 0 Å². The number of nitrogens with zero attached hydrogens (tertiary/aromatic N) is 1. The van der Waals surface area contributed by atoms with Gasteiger partial charge in [-0.3, -0.25) is 19.3 Å². The van der Waals surface area contributed by atoms with Gasteiger partial charge in [-0.2, -0.15) is 0 Å². The molecule has 0 spiro atoms. The Morgan fingerprint density at radius 3 is 1.96 bits per heavy atom. The van der Waals surface area contributed by atoms with Crippen molar-refractivity contribution in [2.45, 2.75) is 35.0 Å². The van der Waals surface area contributed by atoms with Gasteiger partial charge in [0.15, 0.2) is 0 Å². The Morgan fingerprint density at radius 1 is 1.09 bits per heavy atom. The minimum atomic E-state index is -1.40. The highest BCUT2D eigenvalue weighted by Gasteiger charge is 2.67. The van der Waals surface area contributed by atoms with E-state index in [4.69, 9.17) is 5.11 Å². The second-order valence-electron chi connectivity index (χ2n) is 6.34. The molecule has 0 aromatic rings. The molecule has 7 atom stereocenters. The number of carbonyl (C=O) groups excluding carboxylic acids is 2. The van der Waals surface area contributed by atoms with E-state index in [1.807, 2.05) is 0 Å². The van der Waals surface area contributed by atoms with Crippen LogP contribution >= 0.6 is 31.9 Å². The fraction of sp³-hybridized carbons (Fsp3) is 0.714. The molecule has 7 nitrogen and oxygen atoms in total. The predicted molar refractivity (Wildman–Crippen MR) is 84.2 cm³/mol. The molecule has 0 unspecified atom stereocenters. The third kappa shape index (κ3) is 2.43. The molecule has 2 amide bonds. The number of carboxylic acid groups (broad SMARTS) is 2. The van der Waals surface area contributed by atoms with E-state index in [0.717, 1.165) is 11.3 Å². The molecular formula is C14H15Br2NO6. The molecular weight excluding hydrogens is 438 g/mol. The van der Waals surface area contributed by atoms with E-state index in [2.05, 4.69) is 31.9 Å². The molecule has 2 saturated carbocycles. The van der Waals surface area contributed by atoms with Crippen molar-refractivity contribution >= 4 is 55.6 Å². The summed E-state index contributed by atoms with van der Waals surface area (Å²) in [4.78, 5) is 48.5. The van der Waals surface area contributed by atoms with Crippen LogP contribution in [0.1, 0.15) is 19.3 Å². The highest BCUT2D eigenvalue weighted by molar-refractivity contribution is 9.12. The van der Waals surface area contributed by atoms with Gasteiger partial charge in [0.05, 0.1) is 11.8 Å². The quantitative estimate of drug-likeness (QED) is 0.476. The van der Waals surface area contributed by atoms with Gasteiger partial charge in [0.2, 0.25) is 11.8 Å². The number of hydrogen-bond acceptors (Lipinski definition) is 4. The maximum Gasteiger partial charge on any atom is 0.326 e. The first-order chi connectivity index (χ1) is 10.8. The maximum absolute atomic E-state index is 12.7. The molecule has 2 aliphatic carbocycles. The Balaban J connectivity index is 1.87. The second kappa shape index (κ2) is 5.84. The summed E-state index contributed by atoms with van der Waals surface area (Å²) in [7, 11) is 0. The maximum atomic E-state index is 12.7. The number of aliphatic carboxylic acids is 2. The third-order valence-corrected chi connectivity index (χ3v) is 8.46. The molecule has 1 saturated heterocycles. The molecule has 9 heteroatoms. The Morgan fingerprint density at radius 2 is 1.57 bits per heavy atom. The zero-order valence-corrected chi connectivity index (χ0v) is 15.1. The average Bonchev–Trinajstić information content (AvgIpc) is 3.06. The van der Waals surface area contributed by atoms with E-state index in [9.17, 15) is 24.3 Å². The summed E-state index contributed by atoms with van der Waals surface area (Å²) in [6, 6.07) is -1.40. The van der Waals surface area contributed by atoms with E-state index < -0.39 is 48.1 Å². The van der Waals surface area contributed by atoms with Gasteiger partial charge in [-0.05, 0) is 24.7 Å². The average molecular weight is 453 g/mol. The zero-order chi connectivity index (χ0) is 17.0.